The van der Waals surface area contributed by atoms with Crippen LogP contribution in [0.2, 0.25) is 0 Å². The molecule has 1 aromatic rings. The number of hydrogen-bond donors (Lipinski definition) is 1. The van der Waals surface area contributed by atoms with E-state index in [1.165, 1.54) is 18.4 Å². The molecule has 18 heavy (non-hydrogen) atoms. The molecule has 1 aliphatic rings. The summed E-state index contributed by atoms with van der Waals surface area (Å²) in [5.41, 5.74) is 1.58. The van der Waals surface area contributed by atoms with Crippen molar-refractivity contribution in [2.45, 2.75) is 24.8 Å². The van der Waals surface area contributed by atoms with E-state index in [0.29, 0.717) is 0 Å². The molecule has 0 unspecified atom stereocenters. The summed E-state index contributed by atoms with van der Waals surface area (Å²) in [5, 5.41) is 3.45. The second kappa shape index (κ2) is 5.72. The quantitative estimate of drug-likeness (QED) is 0.881. The number of nitrogens with one attached hydrogen (secondary N) is 1. The highest BCUT2D eigenvalue weighted by Crippen LogP contribution is 2.31. The normalized spacial score (nSPS) is 18.9. The average Bonchev–Trinajstić information content (AvgIpc) is 2.40. The number of methoxy groups -OCH3 is 1. The number of para-hydroxylation sites is 1. The maximum Gasteiger partial charge on any atom is 0.122 e. The molecule has 3 heteroatoms. The molecule has 0 aromatic heterocycles. The summed E-state index contributed by atoms with van der Waals surface area (Å²) in [6, 6.07) is 8.38. The largest absolute Gasteiger partial charge is 0.496 e. The lowest BCUT2D eigenvalue weighted by molar-refractivity contribution is 0.107. The van der Waals surface area contributed by atoms with Crippen molar-refractivity contribution >= 4 is 0 Å². The van der Waals surface area contributed by atoms with Gasteiger partial charge in [-0.25, -0.2) is 0 Å². The van der Waals surface area contributed by atoms with Crippen molar-refractivity contribution in [3.05, 3.63) is 29.8 Å². The summed E-state index contributed by atoms with van der Waals surface area (Å²) in [5.74, 6) is 1.01. The van der Waals surface area contributed by atoms with Crippen molar-refractivity contribution in [1.82, 2.24) is 10.2 Å². The van der Waals surface area contributed by atoms with E-state index in [4.69, 9.17) is 4.74 Å². The number of piperidine rings is 1. The van der Waals surface area contributed by atoms with Crippen LogP contribution in [0.3, 0.4) is 0 Å². The molecule has 2 rings (SSSR count). The molecule has 1 saturated heterocycles. The van der Waals surface area contributed by atoms with E-state index < -0.39 is 0 Å². The van der Waals surface area contributed by atoms with E-state index in [2.05, 4.69) is 42.5 Å². The van der Waals surface area contributed by atoms with Crippen molar-refractivity contribution in [1.29, 1.82) is 0 Å². The molecule has 0 atom stereocenters. The molecular weight excluding hydrogens is 224 g/mol. The second-order valence-corrected chi connectivity index (χ2v) is 5.36. The molecule has 1 aliphatic heterocycles. The molecule has 1 aromatic carbocycles. The van der Waals surface area contributed by atoms with E-state index in [9.17, 15) is 0 Å². The molecular formula is C15H24N2O. The zero-order valence-corrected chi connectivity index (χ0v) is 11.7. The van der Waals surface area contributed by atoms with Crippen LogP contribution >= 0.6 is 0 Å². The third-order valence-corrected chi connectivity index (χ3v) is 4.19. The van der Waals surface area contributed by atoms with Gasteiger partial charge in [-0.2, -0.15) is 0 Å². The van der Waals surface area contributed by atoms with Gasteiger partial charge in [0.05, 0.1) is 7.11 Å². The average molecular weight is 248 g/mol. The fourth-order valence-corrected chi connectivity index (χ4v) is 2.88. The van der Waals surface area contributed by atoms with E-state index in [1.54, 1.807) is 7.11 Å². The van der Waals surface area contributed by atoms with Crippen molar-refractivity contribution in [2.75, 3.05) is 34.3 Å². The van der Waals surface area contributed by atoms with Gasteiger partial charge < -0.3 is 15.0 Å². The zero-order chi connectivity index (χ0) is 13.0. The SMILES string of the molecule is COc1ccccc1CC1(N(C)C)CCNCC1. The number of nitrogens with zero attached hydrogens (tertiary/aromatic N) is 1. The fraction of sp³-hybridized carbons (Fsp3) is 0.600. The van der Waals surface area contributed by atoms with Gasteiger partial charge in [-0.3, -0.25) is 0 Å². The summed E-state index contributed by atoms with van der Waals surface area (Å²) in [4.78, 5) is 2.39. The highest BCUT2D eigenvalue weighted by Gasteiger charge is 2.34. The van der Waals surface area contributed by atoms with Gasteiger partial charge in [0.25, 0.3) is 0 Å². The van der Waals surface area contributed by atoms with Gasteiger partial charge in [-0.15, -0.1) is 0 Å². The minimum Gasteiger partial charge on any atom is -0.496 e. The summed E-state index contributed by atoms with van der Waals surface area (Å²) in [6.07, 6.45) is 3.45. The Morgan fingerprint density at radius 2 is 1.89 bits per heavy atom. The first-order valence-corrected chi connectivity index (χ1v) is 6.68. The standard InChI is InChI=1S/C15H24N2O/c1-17(2)15(8-10-16-11-9-15)12-13-6-4-5-7-14(13)18-3/h4-7,16H,8-12H2,1-3H3. The Bertz CT molecular complexity index is 384. The summed E-state index contributed by atoms with van der Waals surface area (Å²) in [6.45, 7) is 2.21. The van der Waals surface area contributed by atoms with E-state index in [0.717, 1.165) is 25.3 Å². The van der Waals surface area contributed by atoms with Gasteiger partial charge in [0.2, 0.25) is 0 Å². The van der Waals surface area contributed by atoms with Crippen molar-refractivity contribution in [3.63, 3.8) is 0 Å². The first kappa shape index (κ1) is 13.4. The molecule has 0 saturated carbocycles. The minimum absolute atomic E-state index is 0.264. The summed E-state index contributed by atoms with van der Waals surface area (Å²) in [7, 11) is 6.14. The van der Waals surface area contributed by atoms with Crippen LogP contribution in [0.1, 0.15) is 18.4 Å². The molecule has 3 nitrogen and oxygen atoms in total. The van der Waals surface area contributed by atoms with Crippen molar-refractivity contribution < 1.29 is 4.74 Å². The Labute approximate surface area is 110 Å². The van der Waals surface area contributed by atoms with Crippen LogP contribution in [0.15, 0.2) is 24.3 Å². The minimum atomic E-state index is 0.264. The van der Waals surface area contributed by atoms with Crippen LogP contribution in [0.4, 0.5) is 0 Å². The van der Waals surface area contributed by atoms with Gasteiger partial charge in [-0.1, -0.05) is 18.2 Å². The van der Waals surface area contributed by atoms with Crippen LogP contribution in [-0.2, 0) is 6.42 Å². The predicted octanol–water partition coefficient (Wildman–Crippen LogP) is 1.92. The second-order valence-electron chi connectivity index (χ2n) is 5.36. The first-order valence-electron chi connectivity index (χ1n) is 6.68. The van der Waals surface area contributed by atoms with Crippen LogP contribution in [0.5, 0.6) is 5.75 Å². The van der Waals surface area contributed by atoms with Crippen LogP contribution in [-0.4, -0.2) is 44.7 Å². The van der Waals surface area contributed by atoms with Crippen LogP contribution < -0.4 is 10.1 Å². The maximum absolute atomic E-state index is 5.48. The van der Waals surface area contributed by atoms with Gasteiger partial charge in [0, 0.05) is 5.54 Å². The Kier molecular flexibility index (Phi) is 4.25. The van der Waals surface area contributed by atoms with E-state index in [-0.39, 0.29) is 5.54 Å². The molecule has 1 N–H and O–H groups in total. The Balaban J connectivity index is 2.23. The molecule has 1 fully saturated rings. The molecule has 0 radical (unpaired) electrons. The topological polar surface area (TPSA) is 24.5 Å². The molecule has 100 valence electrons. The van der Waals surface area contributed by atoms with Crippen LogP contribution in [0, 0.1) is 0 Å². The molecule has 0 spiro atoms. The zero-order valence-electron chi connectivity index (χ0n) is 11.7. The number of rotatable bonds is 4. The molecule has 1 heterocycles. The lowest BCUT2D eigenvalue weighted by Gasteiger charge is -2.43. The van der Waals surface area contributed by atoms with Gasteiger partial charge in [0.1, 0.15) is 5.75 Å². The van der Waals surface area contributed by atoms with Crippen LogP contribution in [0.25, 0.3) is 0 Å². The lowest BCUT2D eigenvalue weighted by atomic mass is 9.81. The number of ether oxygens (including phenoxy) is 1. The number of likely N-dealkylation sites (N-methyl/N-ethyl adjacent to an activating group) is 1. The smallest absolute Gasteiger partial charge is 0.122 e. The lowest BCUT2D eigenvalue weighted by Crippen LogP contribution is -2.53. The van der Waals surface area contributed by atoms with Crippen molar-refractivity contribution in [3.8, 4) is 5.75 Å². The monoisotopic (exact) mass is 248 g/mol. The van der Waals surface area contributed by atoms with Gasteiger partial charge in [-0.05, 0) is 58.1 Å². The van der Waals surface area contributed by atoms with Crippen molar-refractivity contribution in [2.24, 2.45) is 0 Å². The Morgan fingerprint density at radius 1 is 1.22 bits per heavy atom. The van der Waals surface area contributed by atoms with Gasteiger partial charge >= 0.3 is 0 Å². The van der Waals surface area contributed by atoms with E-state index >= 15 is 0 Å². The highest BCUT2D eigenvalue weighted by atomic mass is 16.5. The third-order valence-electron chi connectivity index (χ3n) is 4.19. The Morgan fingerprint density at radius 3 is 2.50 bits per heavy atom. The molecule has 0 aliphatic carbocycles. The Hall–Kier alpha value is -1.06. The number of hydrogen-bond acceptors (Lipinski definition) is 3. The fourth-order valence-electron chi connectivity index (χ4n) is 2.88. The van der Waals surface area contributed by atoms with E-state index in [1.807, 2.05) is 6.07 Å². The first-order chi connectivity index (χ1) is 8.68. The summed E-state index contributed by atoms with van der Waals surface area (Å²) >= 11 is 0. The third kappa shape index (κ3) is 2.68. The molecule has 0 bridgehead atoms. The highest BCUT2D eigenvalue weighted by molar-refractivity contribution is 5.34. The molecule has 0 amide bonds. The maximum atomic E-state index is 5.48. The number of benzene rings is 1. The summed E-state index contributed by atoms with van der Waals surface area (Å²) < 4.78 is 5.48. The predicted molar refractivity (Wildman–Crippen MR) is 75.2 cm³/mol. The van der Waals surface area contributed by atoms with Gasteiger partial charge in [0.15, 0.2) is 0 Å².